The zero-order valence-electron chi connectivity index (χ0n) is 10.3. The number of thiocarbonyl (C=S) groups is 1. The van der Waals surface area contributed by atoms with Gasteiger partial charge in [-0.1, -0.05) is 30.9 Å². The number of furan rings is 1. The van der Waals surface area contributed by atoms with Gasteiger partial charge in [0, 0.05) is 6.08 Å². The van der Waals surface area contributed by atoms with Crippen LogP contribution in [-0.4, -0.2) is 27.1 Å². The van der Waals surface area contributed by atoms with Crippen LogP contribution in [-0.2, 0) is 9.59 Å². The molecule has 5 nitrogen and oxygen atoms in total. The second-order valence-electron chi connectivity index (χ2n) is 3.94. The largest absolute Gasteiger partial charge is 0.548 e. The van der Waals surface area contributed by atoms with E-state index in [4.69, 9.17) is 16.6 Å². The Bertz CT molecular complexity index is 610. The first-order valence-electron chi connectivity index (χ1n) is 5.67. The van der Waals surface area contributed by atoms with Gasteiger partial charge in [0.1, 0.15) is 10.1 Å². The summed E-state index contributed by atoms with van der Waals surface area (Å²) < 4.78 is 6.04. The number of hydrogen-bond donors (Lipinski definition) is 0. The molecule has 1 atom stereocenters. The Hall–Kier alpha value is -1.12. The van der Waals surface area contributed by atoms with E-state index in [2.05, 4.69) is 15.9 Å². The molecule has 0 radical (unpaired) electrons. The van der Waals surface area contributed by atoms with Crippen molar-refractivity contribution < 1.29 is 19.1 Å². The molecule has 0 aromatic carbocycles. The number of carboxylic acids is 1. The molecule has 1 aliphatic heterocycles. The molecule has 1 fully saturated rings. The molecule has 0 bridgehead atoms. The lowest BCUT2D eigenvalue weighted by Gasteiger charge is -2.26. The molecule has 1 saturated heterocycles. The van der Waals surface area contributed by atoms with E-state index in [1.165, 1.54) is 6.08 Å². The summed E-state index contributed by atoms with van der Waals surface area (Å²) in [6.07, 6.45) is 1.76. The normalized spacial score (nSPS) is 18.9. The number of amides is 1. The highest BCUT2D eigenvalue weighted by atomic mass is 79.9. The fourth-order valence-corrected chi connectivity index (χ4v) is 3.39. The van der Waals surface area contributed by atoms with Gasteiger partial charge in [0.25, 0.3) is 5.91 Å². The Morgan fingerprint density at radius 2 is 2.35 bits per heavy atom. The highest BCUT2D eigenvalue weighted by molar-refractivity contribution is 9.10. The lowest BCUT2D eigenvalue weighted by molar-refractivity contribution is -0.310. The fraction of sp³-hybridized carbons (Fsp3) is 0.250. The molecule has 1 aromatic heterocycles. The van der Waals surface area contributed by atoms with E-state index in [1.54, 1.807) is 19.1 Å². The summed E-state index contributed by atoms with van der Waals surface area (Å²) in [5, 5.41) is 11.1. The first-order chi connectivity index (χ1) is 9.43. The fourth-order valence-electron chi connectivity index (χ4n) is 1.74. The molecule has 0 saturated carbocycles. The van der Waals surface area contributed by atoms with Crippen molar-refractivity contribution in [2.24, 2.45) is 0 Å². The maximum Gasteiger partial charge on any atom is 0.266 e. The zero-order valence-corrected chi connectivity index (χ0v) is 13.5. The predicted molar refractivity (Wildman–Crippen MR) is 80.5 cm³/mol. The molecule has 2 rings (SSSR count). The second-order valence-corrected chi connectivity index (χ2v) is 6.39. The molecule has 0 N–H and O–H groups in total. The summed E-state index contributed by atoms with van der Waals surface area (Å²) in [4.78, 5) is 24.7. The summed E-state index contributed by atoms with van der Waals surface area (Å²) in [5.41, 5.74) is 0. The van der Waals surface area contributed by atoms with E-state index < -0.39 is 17.9 Å². The quantitative estimate of drug-likeness (QED) is 0.590. The van der Waals surface area contributed by atoms with Gasteiger partial charge in [0.15, 0.2) is 4.67 Å². The van der Waals surface area contributed by atoms with Crippen molar-refractivity contribution in [3.05, 3.63) is 27.5 Å². The van der Waals surface area contributed by atoms with Crippen molar-refractivity contribution in [2.75, 3.05) is 0 Å². The van der Waals surface area contributed by atoms with Crippen LogP contribution < -0.4 is 5.11 Å². The Morgan fingerprint density at radius 3 is 2.85 bits per heavy atom. The smallest absolute Gasteiger partial charge is 0.266 e. The van der Waals surface area contributed by atoms with Crippen LogP contribution in [0.4, 0.5) is 0 Å². The van der Waals surface area contributed by atoms with Crippen LogP contribution in [0.1, 0.15) is 19.1 Å². The molecular formula is C12H9BrNO4S2-. The highest BCUT2D eigenvalue weighted by Crippen LogP contribution is 2.34. The van der Waals surface area contributed by atoms with Crippen molar-refractivity contribution in [1.29, 1.82) is 0 Å². The maximum absolute atomic E-state index is 12.2. The molecule has 1 amide bonds. The SMILES string of the molecule is CC[C@H](C(=O)[O-])N1C(=O)/C(=C\c2ccc(Br)o2)SC1=S. The third kappa shape index (κ3) is 2.97. The van der Waals surface area contributed by atoms with Crippen molar-refractivity contribution in [3.8, 4) is 0 Å². The Kier molecular flexibility index (Phi) is 4.66. The first kappa shape index (κ1) is 15.3. The van der Waals surface area contributed by atoms with Gasteiger partial charge in [-0.05, 0) is 34.5 Å². The number of carbonyl (C=O) groups excluding carboxylic acids is 2. The van der Waals surface area contributed by atoms with Crippen molar-refractivity contribution >= 4 is 62.2 Å². The van der Waals surface area contributed by atoms with Gasteiger partial charge in [-0.3, -0.25) is 9.69 Å². The minimum Gasteiger partial charge on any atom is -0.548 e. The predicted octanol–water partition coefficient (Wildman–Crippen LogP) is 1.77. The number of rotatable bonds is 4. The summed E-state index contributed by atoms with van der Waals surface area (Å²) in [6, 6.07) is 2.34. The summed E-state index contributed by atoms with van der Waals surface area (Å²) >= 11 is 9.29. The molecule has 0 aliphatic carbocycles. The standard InChI is InChI=1S/C12H10BrNO4S2/c1-2-7(11(16)17)14-10(15)8(20-12(14)19)5-6-3-4-9(13)18-6/h3-5,7H,2H2,1H3,(H,16,17)/p-1/b8-5+/t7-/m1/s1. The number of carboxylic acid groups (broad SMARTS) is 1. The topological polar surface area (TPSA) is 73.6 Å². The molecule has 20 heavy (non-hydrogen) atoms. The number of carbonyl (C=O) groups is 2. The molecule has 8 heteroatoms. The number of aliphatic carboxylic acids is 1. The molecule has 1 aromatic rings. The van der Waals surface area contributed by atoms with Crippen LogP contribution in [0.2, 0.25) is 0 Å². The van der Waals surface area contributed by atoms with Crippen molar-refractivity contribution in [3.63, 3.8) is 0 Å². The van der Waals surface area contributed by atoms with Gasteiger partial charge >= 0.3 is 0 Å². The highest BCUT2D eigenvalue weighted by Gasteiger charge is 2.37. The maximum atomic E-state index is 12.2. The molecular weight excluding hydrogens is 366 g/mol. The first-order valence-corrected chi connectivity index (χ1v) is 7.69. The van der Waals surface area contributed by atoms with E-state index in [0.717, 1.165) is 16.7 Å². The lowest BCUT2D eigenvalue weighted by Crippen LogP contribution is -2.49. The van der Waals surface area contributed by atoms with Crippen LogP contribution in [0, 0.1) is 0 Å². The van der Waals surface area contributed by atoms with E-state index in [1.807, 2.05) is 0 Å². The van der Waals surface area contributed by atoms with Crippen LogP contribution in [0.3, 0.4) is 0 Å². The molecule has 106 valence electrons. The number of halogens is 1. The van der Waals surface area contributed by atoms with Gasteiger partial charge in [-0.15, -0.1) is 0 Å². The Balaban J connectivity index is 2.29. The van der Waals surface area contributed by atoms with Gasteiger partial charge < -0.3 is 14.3 Å². The molecule has 0 unspecified atom stereocenters. The average Bonchev–Trinajstić information content (AvgIpc) is 2.89. The minimum atomic E-state index is -1.31. The number of thioether (sulfide) groups is 1. The second kappa shape index (κ2) is 6.11. The number of hydrogen-bond acceptors (Lipinski definition) is 6. The lowest BCUT2D eigenvalue weighted by atomic mass is 10.2. The van der Waals surface area contributed by atoms with Crippen LogP contribution in [0.15, 0.2) is 26.1 Å². The van der Waals surface area contributed by atoms with Gasteiger partial charge in [-0.25, -0.2) is 0 Å². The molecule has 2 heterocycles. The van der Waals surface area contributed by atoms with E-state index >= 15 is 0 Å². The monoisotopic (exact) mass is 374 g/mol. The number of nitrogens with zero attached hydrogens (tertiary/aromatic N) is 1. The van der Waals surface area contributed by atoms with Crippen molar-refractivity contribution in [2.45, 2.75) is 19.4 Å². The molecule has 0 spiro atoms. The minimum absolute atomic E-state index is 0.211. The third-order valence-electron chi connectivity index (χ3n) is 2.66. The van der Waals surface area contributed by atoms with Crippen LogP contribution in [0.5, 0.6) is 0 Å². The summed E-state index contributed by atoms with van der Waals surface area (Å²) in [6.45, 7) is 1.66. The average molecular weight is 375 g/mol. The molecule has 1 aliphatic rings. The van der Waals surface area contributed by atoms with Crippen molar-refractivity contribution in [1.82, 2.24) is 4.90 Å². The van der Waals surface area contributed by atoms with Crippen LogP contribution >= 0.6 is 39.9 Å². The summed E-state index contributed by atoms with van der Waals surface area (Å²) in [7, 11) is 0. The summed E-state index contributed by atoms with van der Waals surface area (Å²) in [5.74, 6) is -1.27. The van der Waals surface area contributed by atoms with Crippen LogP contribution in [0.25, 0.3) is 6.08 Å². The Labute approximate surface area is 133 Å². The van der Waals surface area contributed by atoms with Gasteiger partial charge in [0.05, 0.1) is 16.9 Å². The van der Waals surface area contributed by atoms with E-state index in [9.17, 15) is 14.7 Å². The van der Waals surface area contributed by atoms with E-state index in [0.29, 0.717) is 15.3 Å². The third-order valence-corrected chi connectivity index (χ3v) is 4.42. The van der Waals surface area contributed by atoms with Gasteiger partial charge in [0.2, 0.25) is 0 Å². The van der Waals surface area contributed by atoms with E-state index in [-0.39, 0.29) is 10.7 Å². The van der Waals surface area contributed by atoms with Gasteiger partial charge in [-0.2, -0.15) is 0 Å². The zero-order chi connectivity index (χ0) is 14.9. The Morgan fingerprint density at radius 1 is 1.65 bits per heavy atom.